The minimum atomic E-state index is -0.730. The van der Waals surface area contributed by atoms with Gasteiger partial charge >= 0.3 is 12.1 Å². The van der Waals surface area contributed by atoms with Crippen molar-refractivity contribution < 1.29 is 28.8 Å². The smallest absolute Gasteiger partial charge is 0.407 e. The van der Waals surface area contributed by atoms with Gasteiger partial charge in [0.05, 0.1) is 17.0 Å². The van der Waals surface area contributed by atoms with E-state index in [4.69, 9.17) is 9.57 Å². The standard InChI is InChI=1S/C18H20N2O6/c1-18(2,3)25-17(24)19-13-9-8-12(13)16(23)26-20-14(21)10-6-4-5-7-11(10)15(20)22/h4-7,12-13H,8-9H2,1-3H3,(H,19,24)/t12-,13-/m0/s1. The van der Waals surface area contributed by atoms with Gasteiger partial charge in [0.2, 0.25) is 0 Å². The third-order valence-corrected chi connectivity index (χ3v) is 4.22. The monoisotopic (exact) mass is 360 g/mol. The van der Waals surface area contributed by atoms with Crippen molar-refractivity contribution in [1.82, 2.24) is 10.4 Å². The number of nitrogens with one attached hydrogen (secondary N) is 1. The molecule has 1 aliphatic heterocycles. The van der Waals surface area contributed by atoms with Crippen LogP contribution in [0.5, 0.6) is 0 Å². The molecule has 1 aliphatic carbocycles. The molecule has 1 N–H and O–H groups in total. The number of benzene rings is 1. The Hall–Kier alpha value is -2.90. The SMILES string of the molecule is CC(C)(C)OC(=O)N[C@H]1CC[C@@H]1C(=O)ON1C(=O)c2ccccc2C1=O. The molecule has 138 valence electrons. The molecule has 1 saturated carbocycles. The van der Waals surface area contributed by atoms with E-state index in [0.717, 1.165) is 0 Å². The third-order valence-electron chi connectivity index (χ3n) is 4.22. The van der Waals surface area contributed by atoms with Crippen LogP contribution in [0.1, 0.15) is 54.3 Å². The maximum Gasteiger partial charge on any atom is 0.407 e. The minimum absolute atomic E-state index is 0.197. The van der Waals surface area contributed by atoms with E-state index in [0.29, 0.717) is 17.9 Å². The van der Waals surface area contributed by atoms with Crippen LogP contribution in [0.3, 0.4) is 0 Å². The fourth-order valence-electron chi connectivity index (χ4n) is 2.82. The quantitative estimate of drug-likeness (QED) is 0.828. The lowest BCUT2D eigenvalue weighted by molar-refractivity contribution is -0.178. The number of alkyl carbamates (subject to hydrolysis) is 1. The molecule has 2 atom stereocenters. The Bertz CT molecular complexity index is 747. The summed E-state index contributed by atoms with van der Waals surface area (Å²) in [5.74, 6) is -2.71. The van der Waals surface area contributed by atoms with E-state index in [2.05, 4.69) is 5.32 Å². The molecule has 8 nitrogen and oxygen atoms in total. The molecule has 1 aromatic carbocycles. The summed E-state index contributed by atoms with van der Waals surface area (Å²) in [6, 6.07) is 5.80. The van der Waals surface area contributed by atoms with Crippen LogP contribution in [0.25, 0.3) is 0 Å². The summed E-state index contributed by atoms with van der Waals surface area (Å²) >= 11 is 0. The lowest BCUT2D eigenvalue weighted by Crippen LogP contribution is -2.52. The van der Waals surface area contributed by atoms with Crippen LogP contribution < -0.4 is 5.32 Å². The van der Waals surface area contributed by atoms with Crippen molar-refractivity contribution in [2.24, 2.45) is 5.92 Å². The molecule has 3 rings (SSSR count). The Morgan fingerprint density at radius 3 is 2.12 bits per heavy atom. The van der Waals surface area contributed by atoms with E-state index in [-0.39, 0.29) is 11.1 Å². The highest BCUT2D eigenvalue weighted by Crippen LogP contribution is 2.31. The molecule has 1 heterocycles. The molecule has 0 bridgehead atoms. The summed E-state index contributed by atoms with van der Waals surface area (Å²) < 4.78 is 5.16. The van der Waals surface area contributed by atoms with Gasteiger partial charge in [-0.05, 0) is 45.7 Å². The van der Waals surface area contributed by atoms with Gasteiger partial charge in [0.1, 0.15) is 5.60 Å². The number of hydroxylamine groups is 2. The molecule has 0 radical (unpaired) electrons. The van der Waals surface area contributed by atoms with Gasteiger partial charge in [0, 0.05) is 6.04 Å². The Balaban J connectivity index is 1.60. The zero-order valence-electron chi connectivity index (χ0n) is 14.8. The average molecular weight is 360 g/mol. The molecule has 1 fully saturated rings. The Labute approximate surface area is 150 Å². The van der Waals surface area contributed by atoms with E-state index in [1.165, 1.54) is 12.1 Å². The number of carbonyl (C=O) groups is 4. The third kappa shape index (κ3) is 3.40. The van der Waals surface area contributed by atoms with Gasteiger partial charge in [-0.15, -0.1) is 0 Å². The first kappa shape index (κ1) is 17.9. The number of nitrogens with zero attached hydrogens (tertiary/aromatic N) is 1. The topological polar surface area (TPSA) is 102 Å². The molecular formula is C18H20N2O6. The summed E-state index contributed by atoms with van der Waals surface area (Å²) in [5.41, 5.74) is -0.256. The van der Waals surface area contributed by atoms with E-state index in [1.54, 1.807) is 32.9 Å². The molecule has 0 spiro atoms. The molecule has 8 heteroatoms. The number of imide groups is 1. The van der Waals surface area contributed by atoms with Crippen LogP contribution in [-0.2, 0) is 14.4 Å². The van der Waals surface area contributed by atoms with Crippen molar-refractivity contribution in [3.63, 3.8) is 0 Å². The molecule has 1 aromatic rings. The predicted molar refractivity (Wildman–Crippen MR) is 88.9 cm³/mol. The summed E-state index contributed by atoms with van der Waals surface area (Å²) in [6.07, 6.45) is 0.449. The Morgan fingerprint density at radius 2 is 1.65 bits per heavy atom. The second-order valence-corrected chi connectivity index (χ2v) is 7.30. The van der Waals surface area contributed by atoms with Crippen LogP contribution in [0.15, 0.2) is 24.3 Å². The Morgan fingerprint density at radius 1 is 1.08 bits per heavy atom. The van der Waals surface area contributed by atoms with Gasteiger partial charge in [0.15, 0.2) is 0 Å². The summed E-state index contributed by atoms with van der Waals surface area (Å²) in [7, 11) is 0. The second-order valence-electron chi connectivity index (χ2n) is 7.30. The zero-order chi connectivity index (χ0) is 19.1. The average Bonchev–Trinajstić information content (AvgIpc) is 2.75. The maximum absolute atomic E-state index is 12.3. The van der Waals surface area contributed by atoms with Crippen LogP contribution >= 0.6 is 0 Å². The number of hydrogen-bond acceptors (Lipinski definition) is 6. The zero-order valence-corrected chi connectivity index (χ0v) is 14.8. The minimum Gasteiger partial charge on any atom is -0.444 e. The first-order chi connectivity index (χ1) is 12.2. The van der Waals surface area contributed by atoms with Crippen molar-refractivity contribution in [3.05, 3.63) is 35.4 Å². The van der Waals surface area contributed by atoms with Crippen molar-refractivity contribution in [3.8, 4) is 0 Å². The van der Waals surface area contributed by atoms with Crippen molar-refractivity contribution in [2.45, 2.75) is 45.3 Å². The molecule has 0 saturated heterocycles. The van der Waals surface area contributed by atoms with Gasteiger partial charge in [-0.2, -0.15) is 0 Å². The van der Waals surface area contributed by atoms with E-state index >= 15 is 0 Å². The second kappa shape index (κ2) is 6.44. The Kier molecular flexibility index (Phi) is 4.43. The van der Waals surface area contributed by atoms with Crippen molar-refractivity contribution in [2.75, 3.05) is 0 Å². The molecule has 2 aliphatic rings. The molecule has 3 amide bonds. The number of carbonyl (C=O) groups excluding carboxylic acids is 4. The lowest BCUT2D eigenvalue weighted by atomic mass is 9.80. The number of hydrogen-bond donors (Lipinski definition) is 1. The number of amides is 3. The summed E-state index contributed by atoms with van der Waals surface area (Å²) in [4.78, 5) is 53.7. The van der Waals surface area contributed by atoms with Crippen LogP contribution in [0, 0.1) is 5.92 Å². The number of fused-ring (bicyclic) bond motifs is 1. The largest absolute Gasteiger partial charge is 0.444 e. The van der Waals surface area contributed by atoms with Crippen LogP contribution in [0.2, 0.25) is 0 Å². The van der Waals surface area contributed by atoms with Crippen LogP contribution in [0.4, 0.5) is 4.79 Å². The fourth-order valence-corrected chi connectivity index (χ4v) is 2.82. The van der Waals surface area contributed by atoms with Gasteiger partial charge in [-0.25, -0.2) is 9.59 Å². The number of rotatable bonds is 3. The first-order valence-corrected chi connectivity index (χ1v) is 8.36. The lowest BCUT2D eigenvalue weighted by Gasteiger charge is -2.35. The first-order valence-electron chi connectivity index (χ1n) is 8.36. The molecular weight excluding hydrogens is 340 g/mol. The van der Waals surface area contributed by atoms with Crippen LogP contribution in [-0.4, -0.2) is 40.6 Å². The summed E-state index contributed by atoms with van der Waals surface area (Å²) in [6.45, 7) is 5.21. The molecule has 0 aromatic heterocycles. The van der Waals surface area contributed by atoms with Gasteiger partial charge < -0.3 is 14.9 Å². The maximum atomic E-state index is 12.3. The highest BCUT2D eigenvalue weighted by Gasteiger charge is 2.44. The van der Waals surface area contributed by atoms with Gasteiger partial charge in [0.25, 0.3) is 11.8 Å². The number of ether oxygens (including phenoxy) is 1. The van der Waals surface area contributed by atoms with Crippen molar-refractivity contribution >= 4 is 23.9 Å². The van der Waals surface area contributed by atoms with Crippen molar-refractivity contribution in [1.29, 1.82) is 0 Å². The molecule has 0 unspecified atom stereocenters. The fraction of sp³-hybridized carbons (Fsp3) is 0.444. The normalized spacial score (nSPS) is 21.7. The van der Waals surface area contributed by atoms with Gasteiger partial charge in [-0.1, -0.05) is 17.2 Å². The van der Waals surface area contributed by atoms with Gasteiger partial charge in [-0.3, -0.25) is 9.59 Å². The van der Waals surface area contributed by atoms with E-state index in [1.807, 2.05) is 0 Å². The molecule has 26 heavy (non-hydrogen) atoms. The van der Waals surface area contributed by atoms with E-state index < -0.39 is 41.4 Å². The highest BCUT2D eigenvalue weighted by atomic mass is 16.7. The highest BCUT2D eigenvalue weighted by molar-refractivity contribution is 6.20. The summed E-state index contributed by atoms with van der Waals surface area (Å²) in [5, 5.41) is 3.10. The van der Waals surface area contributed by atoms with E-state index in [9.17, 15) is 19.2 Å². The predicted octanol–water partition coefficient (Wildman–Crippen LogP) is 2.04.